The molecule has 21 heavy (non-hydrogen) atoms. The first kappa shape index (κ1) is 14.1. The summed E-state index contributed by atoms with van der Waals surface area (Å²) in [6, 6.07) is 8.82. The Morgan fingerprint density at radius 2 is 1.76 bits per heavy atom. The number of carbonyl (C=O) groups excluding carboxylic acids is 1. The number of hydrogen-bond donors (Lipinski definition) is 0. The molecule has 3 nitrogen and oxygen atoms in total. The molecule has 2 saturated carbocycles. The van der Waals surface area contributed by atoms with Crippen molar-refractivity contribution in [3.8, 4) is 11.8 Å². The molecule has 2 fully saturated rings. The van der Waals surface area contributed by atoms with E-state index < -0.39 is 0 Å². The molecule has 0 heterocycles. The first-order valence-corrected chi connectivity index (χ1v) is 7.98. The van der Waals surface area contributed by atoms with E-state index >= 15 is 0 Å². The van der Waals surface area contributed by atoms with Crippen LogP contribution in [-0.4, -0.2) is 5.97 Å². The molecule has 0 aromatic heterocycles. The molecule has 0 aliphatic heterocycles. The molecule has 2 aliphatic carbocycles. The quantitative estimate of drug-likeness (QED) is 0.607. The van der Waals surface area contributed by atoms with Gasteiger partial charge in [-0.05, 0) is 55.4 Å². The van der Waals surface area contributed by atoms with Crippen LogP contribution in [0.5, 0.6) is 5.75 Å². The summed E-state index contributed by atoms with van der Waals surface area (Å²) >= 11 is 0. The monoisotopic (exact) mass is 283 g/mol. The molecule has 1 aromatic rings. The van der Waals surface area contributed by atoms with Crippen LogP contribution in [0.25, 0.3) is 0 Å². The first-order chi connectivity index (χ1) is 10.3. The third kappa shape index (κ3) is 3.26. The fourth-order valence-corrected chi connectivity index (χ4v) is 3.88. The molecule has 3 heteroatoms. The Kier molecular flexibility index (Phi) is 4.24. The van der Waals surface area contributed by atoms with Crippen molar-refractivity contribution in [2.75, 3.05) is 0 Å². The van der Waals surface area contributed by atoms with E-state index in [0.717, 1.165) is 24.7 Å². The maximum absolute atomic E-state index is 12.3. The topological polar surface area (TPSA) is 50.1 Å². The second kappa shape index (κ2) is 6.30. The standard InChI is InChI=1S/C18H21NO2/c19-12-13-5-9-17(10-6-13)21-18(20)16-8-7-14-3-1-2-4-15(14)11-16/h5-6,9-10,14-16H,1-4,7-8,11H2/t14-,15?,16+/m0/s1. The minimum atomic E-state index is -0.0938. The first-order valence-electron chi connectivity index (χ1n) is 7.98. The minimum absolute atomic E-state index is 0.0555. The maximum Gasteiger partial charge on any atom is 0.314 e. The van der Waals surface area contributed by atoms with Crippen LogP contribution in [0.4, 0.5) is 0 Å². The summed E-state index contributed by atoms with van der Waals surface area (Å²) in [4.78, 5) is 12.3. The smallest absolute Gasteiger partial charge is 0.314 e. The zero-order valence-electron chi connectivity index (χ0n) is 12.3. The van der Waals surface area contributed by atoms with Gasteiger partial charge in [0.2, 0.25) is 0 Å². The Balaban J connectivity index is 1.59. The van der Waals surface area contributed by atoms with Gasteiger partial charge in [-0.25, -0.2) is 0 Å². The van der Waals surface area contributed by atoms with Crippen LogP contribution in [0.15, 0.2) is 24.3 Å². The Morgan fingerprint density at radius 3 is 2.48 bits per heavy atom. The SMILES string of the molecule is N#Cc1ccc(OC(=O)[C@@H]2CC[C@@H]3CCCCC3C2)cc1. The molecule has 1 unspecified atom stereocenters. The van der Waals surface area contributed by atoms with Gasteiger partial charge in [0.05, 0.1) is 17.6 Å². The molecule has 2 aliphatic rings. The zero-order valence-corrected chi connectivity index (χ0v) is 12.3. The molecule has 0 bridgehead atoms. The zero-order chi connectivity index (χ0) is 14.7. The number of ether oxygens (including phenoxy) is 1. The Hall–Kier alpha value is -1.82. The number of rotatable bonds is 2. The van der Waals surface area contributed by atoms with Crippen molar-refractivity contribution in [1.82, 2.24) is 0 Å². The Labute approximate surface area is 125 Å². The number of hydrogen-bond acceptors (Lipinski definition) is 3. The van der Waals surface area contributed by atoms with E-state index in [1.165, 1.54) is 32.1 Å². The minimum Gasteiger partial charge on any atom is -0.426 e. The van der Waals surface area contributed by atoms with Crippen LogP contribution < -0.4 is 4.74 Å². The molecule has 3 rings (SSSR count). The third-order valence-electron chi connectivity index (χ3n) is 5.07. The van der Waals surface area contributed by atoms with Gasteiger partial charge in [-0.1, -0.05) is 25.7 Å². The van der Waals surface area contributed by atoms with Crippen molar-refractivity contribution in [1.29, 1.82) is 5.26 Å². The number of esters is 1. The van der Waals surface area contributed by atoms with Crippen LogP contribution in [0, 0.1) is 29.1 Å². The largest absolute Gasteiger partial charge is 0.426 e. The molecule has 0 saturated heterocycles. The predicted molar refractivity (Wildman–Crippen MR) is 79.6 cm³/mol. The average Bonchev–Trinajstić information content (AvgIpc) is 2.55. The summed E-state index contributed by atoms with van der Waals surface area (Å²) in [5.41, 5.74) is 0.581. The van der Waals surface area contributed by atoms with Crippen molar-refractivity contribution < 1.29 is 9.53 Å². The fourth-order valence-electron chi connectivity index (χ4n) is 3.88. The number of benzene rings is 1. The van der Waals surface area contributed by atoms with Gasteiger partial charge in [0.1, 0.15) is 5.75 Å². The van der Waals surface area contributed by atoms with Crippen molar-refractivity contribution >= 4 is 5.97 Å². The van der Waals surface area contributed by atoms with Gasteiger partial charge in [-0.3, -0.25) is 4.79 Å². The molecular weight excluding hydrogens is 262 g/mol. The van der Waals surface area contributed by atoms with E-state index in [0.29, 0.717) is 11.3 Å². The number of fused-ring (bicyclic) bond motifs is 1. The second-order valence-electron chi connectivity index (χ2n) is 6.37. The highest BCUT2D eigenvalue weighted by molar-refractivity contribution is 5.75. The highest BCUT2D eigenvalue weighted by Crippen LogP contribution is 2.43. The van der Waals surface area contributed by atoms with E-state index in [2.05, 4.69) is 6.07 Å². The summed E-state index contributed by atoms with van der Waals surface area (Å²) in [7, 11) is 0. The summed E-state index contributed by atoms with van der Waals surface area (Å²) in [5, 5.41) is 8.77. The van der Waals surface area contributed by atoms with Gasteiger partial charge < -0.3 is 4.74 Å². The molecule has 3 atom stereocenters. The van der Waals surface area contributed by atoms with E-state index in [1.807, 2.05) is 0 Å². The van der Waals surface area contributed by atoms with E-state index in [4.69, 9.17) is 10.00 Å². The molecule has 0 N–H and O–H groups in total. The Bertz CT molecular complexity index is 543. The van der Waals surface area contributed by atoms with Crippen LogP contribution in [0.1, 0.15) is 50.5 Å². The van der Waals surface area contributed by atoms with Crippen LogP contribution in [0.3, 0.4) is 0 Å². The van der Waals surface area contributed by atoms with Gasteiger partial charge in [0.25, 0.3) is 0 Å². The molecule has 110 valence electrons. The molecule has 1 aromatic carbocycles. The third-order valence-corrected chi connectivity index (χ3v) is 5.07. The van der Waals surface area contributed by atoms with E-state index in [1.54, 1.807) is 24.3 Å². The van der Waals surface area contributed by atoms with E-state index in [9.17, 15) is 4.79 Å². The van der Waals surface area contributed by atoms with Crippen LogP contribution >= 0.6 is 0 Å². The number of nitrogens with zero attached hydrogens (tertiary/aromatic N) is 1. The Morgan fingerprint density at radius 1 is 1.05 bits per heavy atom. The lowest BCUT2D eigenvalue weighted by molar-refractivity contribution is -0.141. The lowest BCUT2D eigenvalue weighted by Gasteiger charge is -2.38. The molecular formula is C18H21NO2. The van der Waals surface area contributed by atoms with E-state index in [-0.39, 0.29) is 11.9 Å². The fraction of sp³-hybridized carbons (Fsp3) is 0.556. The normalized spacial score (nSPS) is 28.2. The molecule has 0 amide bonds. The van der Waals surface area contributed by atoms with Crippen LogP contribution in [0.2, 0.25) is 0 Å². The van der Waals surface area contributed by atoms with Gasteiger partial charge in [0.15, 0.2) is 0 Å². The van der Waals surface area contributed by atoms with Crippen molar-refractivity contribution in [3.63, 3.8) is 0 Å². The van der Waals surface area contributed by atoms with Gasteiger partial charge in [-0.2, -0.15) is 5.26 Å². The summed E-state index contributed by atoms with van der Waals surface area (Å²) < 4.78 is 5.48. The average molecular weight is 283 g/mol. The molecule has 0 radical (unpaired) electrons. The summed E-state index contributed by atoms with van der Waals surface area (Å²) in [5.74, 6) is 2.08. The number of nitriles is 1. The highest BCUT2D eigenvalue weighted by atomic mass is 16.5. The van der Waals surface area contributed by atoms with Gasteiger partial charge in [-0.15, -0.1) is 0 Å². The highest BCUT2D eigenvalue weighted by Gasteiger charge is 2.35. The van der Waals surface area contributed by atoms with Crippen LogP contribution in [-0.2, 0) is 4.79 Å². The molecule has 0 spiro atoms. The lowest BCUT2D eigenvalue weighted by Crippen LogP contribution is -2.33. The summed E-state index contributed by atoms with van der Waals surface area (Å²) in [6.07, 6.45) is 8.46. The van der Waals surface area contributed by atoms with Crippen molar-refractivity contribution in [2.45, 2.75) is 44.9 Å². The van der Waals surface area contributed by atoms with Gasteiger partial charge in [0, 0.05) is 0 Å². The maximum atomic E-state index is 12.3. The lowest BCUT2D eigenvalue weighted by atomic mass is 9.67. The number of carbonyl (C=O) groups is 1. The van der Waals surface area contributed by atoms with Crippen molar-refractivity contribution in [3.05, 3.63) is 29.8 Å². The van der Waals surface area contributed by atoms with Gasteiger partial charge >= 0.3 is 5.97 Å². The summed E-state index contributed by atoms with van der Waals surface area (Å²) in [6.45, 7) is 0. The second-order valence-corrected chi connectivity index (χ2v) is 6.37. The van der Waals surface area contributed by atoms with Crippen molar-refractivity contribution in [2.24, 2.45) is 17.8 Å². The predicted octanol–water partition coefficient (Wildman–Crippen LogP) is 4.07.